The number of benzene rings is 1. The highest BCUT2D eigenvalue weighted by Crippen LogP contribution is 2.31. The molecule has 170 valence electrons. The van der Waals surface area contributed by atoms with Crippen LogP contribution >= 0.6 is 0 Å². The minimum Gasteiger partial charge on any atom is -0.369 e. The van der Waals surface area contributed by atoms with Gasteiger partial charge in [0.2, 0.25) is 10.0 Å². The van der Waals surface area contributed by atoms with Crippen LogP contribution in [-0.4, -0.2) is 52.4 Å². The van der Waals surface area contributed by atoms with Crippen LogP contribution in [0.5, 0.6) is 0 Å². The molecule has 0 amide bonds. The highest BCUT2D eigenvalue weighted by Gasteiger charge is 2.33. The van der Waals surface area contributed by atoms with E-state index in [1.165, 1.54) is 10.4 Å². The summed E-state index contributed by atoms with van der Waals surface area (Å²) in [6.45, 7) is 3.26. The minimum atomic E-state index is -3.52. The molecule has 31 heavy (non-hydrogen) atoms. The Balaban J connectivity index is 1.49. The lowest BCUT2D eigenvalue weighted by atomic mass is 10.0. The maximum absolute atomic E-state index is 15.0. The number of aromatic nitrogens is 3. The predicted molar refractivity (Wildman–Crippen MR) is 114 cm³/mol. The van der Waals surface area contributed by atoms with Gasteiger partial charge in [-0.2, -0.15) is 4.31 Å². The molecule has 10 heteroatoms. The topological polar surface area (TPSA) is 71.3 Å². The Morgan fingerprint density at radius 1 is 1.00 bits per heavy atom. The number of sulfonamides is 1. The Bertz CT molecular complexity index is 991. The van der Waals surface area contributed by atoms with Gasteiger partial charge in [-0.3, -0.25) is 0 Å². The molecule has 2 saturated heterocycles. The van der Waals surface area contributed by atoms with E-state index in [2.05, 4.69) is 10.2 Å². The second-order valence-electron chi connectivity index (χ2n) is 8.43. The molecule has 0 radical (unpaired) electrons. The second kappa shape index (κ2) is 9.20. The zero-order valence-electron chi connectivity index (χ0n) is 17.8. The highest BCUT2D eigenvalue weighted by molar-refractivity contribution is 7.89. The summed E-state index contributed by atoms with van der Waals surface area (Å²) in [5, 5.41) is 7.20. The van der Waals surface area contributed by atoms with E-state index in [1.807, 2.05) is 16.4 Å². The molecule has 0 bridgehead atoms. The molecule has 4 rings (SSSR count). The first-order valence-electron chi connectivity index (χ1n) is 11.0. The molecule has 2 aliphatic rings. The smallest absolute Gasteiger partial charge is 0.217 e. The van der Waals surface area contributed by atoms with Crippen molar-refractivity contribution >= 4 is 15.7 Å². The second-order valence-corrected chi connectivity index (χ2v) is 10.6. The van der Waals surface area contributed by atoms with Crippen LogP contribution in [0.4, 0.5) is 14.5 Å². The van der Waals surface area contributed by atoms with Crippen molar-refractivity contribution in [2.75, 3.05) is 24.5 Å². The van der Waals surface area contributed by atoms with E-state index in [-0.39, 0.29) is 23.8 Å². The largest absolute Gasteiger partial charge is 0.369 e. The van der Waals surface area contributed by atoms with Gasteiger partial charge < -0.3 is 9.47 Å². The van der Waals surface area contributed by atoms with Gasteiger partial charge in [0.25, 0.3) is 0 Å². The third kappa shape index (κ3) is 4.59. The van der Waals surface area contributed by atoms with Gasteiger partial charge in [0.05, 0.1) is 10.9 Å². The first-order chi connectivity index (χ1) is 14.9. The number of anilines is 1. The van der Waals surface area contributed by atoms with Crippen LogP contribution in [0.25, 0.3) is 0 Å². The zero-order valence-corrected chi connectivity index (χ0v) is 18.6. The number of piperidine rings is 1. The standard InChI is InChI=1S/C21H29F2N5O2S/c1-2-18-5-3-4-8-28(31(18,29)30)13-16-11-20(23)21(12-19(16)22)26-9-6-17(7-10-26)27-14-24-25-15-27/h11-12,14-15,17-18H,2-10,13H2,1H3/t18-/m1/s1. The van der Waals surface area contributed by atoms with Crippen molar-refractivity contribution in [2.24, 2.45) is 0 Å². The zero-order chi connectivity index (χ0) is 22.0. The quantitative estimate of drug-likeness (QED) is 0.693. The van der Waals surface area contributed by atoms with Crippen molar-refractivity contribution in [1.82, 2.24) is 19.1 Å². The van der Waals surface area contributed by atoms with Gasteiger partial charge in [0, 0.05) is 43.9 Å². The van der Waals surface area contributed by atoms with Crippen LogP contribution in [0.15, 0.2) is 24.8 Å². The fourth-order valence-electron chi connectivity index (χ4n) is 4.66. The SMILES string of the molecule is CC[C@@H]1CCCCN(Cc2cc(F)c(N3CCC(n4cnnc4)CC3)cc2F)S1(=O)=O. The van der Waals surface area contributed by atoms with E-state index in [0.717, 1.165) is 31.7 Å². The Kier molecular flexibility index (Phi) is 6.57. The molecule has 7 nitrogen and oxygen atoms in total. The van der Waals surface area contributed by atoms with E-state index in [0.29, 0.717) is 32.5 Å². The summed E-state index contributed by atoms with van der Waals surface area (Å²) >= 11 is 0. The van der Waals surface area contributed by atoms with Crippen molar-refractivity contribution in [1.29, 1.82) is 0 Å². The van der Waals surface area contributed by atoms with Gasteiger partial charge in [-0.15, -0.1) is 10.2 Å². The third-order valence-electron chi connectivity index (χ3n) is 6.55. The van der Waals surface area contributed by atoms with Crippen molar-refractivity contribution in [3.8, 4) is 0 Å². The predicted octanol–water partition coefficient (Wildman–Crippen LogP) is 3.49. The van der Waals surface area contributed by atoms with Gasteiger partial charge in [0.1, 0.15) is 24.3 Å². The summed E-state index contributed by atoms with van der Waals surface area (Å²) in [5.41, 5.74) is 0.314. The first-order valence-corrected chi connectivity index (χ1v) is 12.5. The highest BCUT2D eigenvalue weighted by atomic mass is 32.2. The molecule has 2 fully saturated rings. The molecule has 3 heterocycles. The first kappa shape index (κ1) is 22.1. The fraction of sp³-hybridized carbons (Fsp3) is 0.619. The maximum Gasteiger partial charge on any atom is 0.217 e. The summed E-state index contributed by atoms with van der Waals surface area (Å²) in [6.07, 6.45) is 7.63. The maximum atomic E-state index is 15.0. The Morgan fingerprint density at radius 3 is 2.39 bits per heavy atom. The lowest BCUT2D eigenvalue weighted by Gasteiger charge is -2.34. The van der Waals surface area contributed by atoms with E-state index < -0.39 is 26.9 Å². The average molecular weight is 454 g/mol. The Hall–Kier alpha value is -2.07. The monoisotopic (exact) mass is 453 g/mol. The van der Waals surface area contributed by atoms with Gasteiger partial charge in [0.15, 0.2) is 0 Å². The molecular formula is C21H29F2N5O2S. The van der Waals surface area contributed by atoms with Crippen LogP contribution < -0.4 is 4.90 Å². The van der Waals surface area contributed by atoms with Crippen LogP contribution in [0.2, 0.25) is 0 Å². The van der Waals surface area contributed by atoms with E-state index in [9.17, 15) is 17.2 Å². The molecule has 2 aromatic rings. The third-order valence-corrected chi connectivity index (χ3v) is 8.99. The van der Waals surface area contributed by atoms with E-state index in [1.54, 1.807) is 12.7 Å². The molecule has 1 aromatic carbocycles. The number of halogens is 2. The van der Waals surface area contributed by atoms with Crippen LogP contribution in [0.1, 0.15) is 57.1 Å². The molecule has 0 unspecified atom stereocenters. The molecule has 0 saturated carbocycles. The van der Waals surface area contributed by atoms with E-state index in [4.69, 9.17) is 0 Å². The number of rotatable bonds is 5. The molecule has 1 aromatic heterocycles. The summed E-state index contributed by atoms with van der Waals surface area (Å²) < 4.78 is 59.0. The van der Waals surface area contributed by atoms with Crippen molar-refractivity contribution in [2.45, 2.75) is 63.3 Å². The fourth-order valence-corrected chi connectivity index (χ4v) is 6.67. The summed E-state index contributed by atoms with van der Waals surface area (Å²) in [5.74, 6) is -1.08. The Morgan fingerprint density at radius 2 is 1.71 bits per heavy atom. The average Bonchev–Trinajstić information content (AvgIpc) is 3.25. The molecule has 2 aliphatic heterocycles. The molecule has 0 N–H and O–H groups in total. The van der Waals surface area contributed by atoms with Crippen molar-refractivity contribution in [3.63, 3.8) is 0 Å². The van der Waals surface area contributed by atoms with E-state index >= 15 is 0 Å². The lowest BCUT2D eigenvalue weighted by molar-refractivity contribution is 0.390. The van der Waals surface area contributed by atoms with Crippen LogP contribution in [-0.2, 0) is 16.6 Å². The molecular weight excluding hydrogens is 424 g/mol. The molecule has 1 atom stereocenters. The van der Waals surface area contributed by atoms with Crippen molar-refractivity contribution in [3.05, 3.63) is 42.0 Å². The summed E-state index contributed by atoms with van der Waals surface area (Å²) in [7, 11) is -3.52. The van der Waals surface area contributed by atoms with Crippen molar-refractivity contribution < 1.29 is 17.2 Å². The van der Waals surface area contributed by atoms with Gasteiger partial charge in [-0.05, 0) is 38.2 Å². The van der Waals surface area contributed by atoms with Gasteiger partial charge >= 0.3 is 0 Å². The minimum absolute atomic E-state index is 0.0842. The summed E-state index contributed by atoms with van der Waals surface area (Å²) in [4.78, 5) is 1.85. The number of hydrogen-bond acceptors (Lipinski definition) is 5. The van der Waals surface area contributed by atoms with Gasteiger partial charge in [-0.25, -0.2) is 17.2 Å². The summed E-state index contributed by atoms with van der Waals surface area (Å²) in [6, 6.07) is 2.63. The number of hydrogen-bond donors (Lipinski definition) is 0. The van der Waals surface area contributed by atoms with Crippen LogP contribution in [0.3, 0.4) is 0 Å². The van der Waals surface area contributed by atoms with Crippen LogP contribution in [0, 0.1) is 11.6 Å². The van der Waals surface area contributed by atoms with Gasteiger partial charge in [-0.1, -0.05) is 13.3 Å². The molecule has 0 aliphatic carbocycles. The number of nitrogens with zero attached hydrogens (tertiary/aromatic N) is 5. The normalized spacial score (nSPS) is 23.1. The lowest BCUT2D eigenvalue weighted by Crippen LogP contribution is -2.37. The molecule has 0 spiro atoms. The Labute approximate surface area is 182 Å².